The maximum Gasteiger partial charge on any atom is 0.258 e. The Bertz CT molecular complexity index is 982. The molecule has 0 spiro atoms. The molecule has 1 amide bonds. The van der Waals surface area contributed by atoms with Gasteiger partial charge in [0.05, 0.1) is 4.90 Å². The molecule has 168 valence electrons. The van der Waals surface area contributed by atoms with Crippen molar-refractivity contribution in [2.75, 3.05) is 39.8 Å². The highest BCUT2D eigenvalue weighted by molar-refractivity contribution is 7.89. The molecule has 0 unspecified atom stereocenters. The molecule has 8 heteroatoms. The quantitative estimate of drug-likeness (QED) is 0.675. The van der Waals surface area contributed by atoms with Crippen LogP contribution < -0.4 is 10.1 Å². The fraction of sp³-hybridized carbons (Fsp3) is 0.435. The topological polar surface area (TPSA) is 78.9 Å². The summed E-state index contributed by atoms with van der Waals surface area (Å²) < 4.78 is 32.7. The third-order valence-electron chi connectivity index (χ3n) is 5.41. The number of rotatable bonds is 8. The third kappa shape index (κ3) is 6.29. The Hall–Kier alpha value is -2.42. The average Bonchev–Trinajstić information content (AvgIpc) is 2.77. The van der Waals surface area contributed by atoms with E-state index < -0.39 is 10.0 Å². The number of benzene rings is 2. The lowest BCUT2D eigenvalue weighted by molar-refractivity contribution is -0.123. The van der Waals surface area contributed by atoms with Crippen LogP contribution in [-0.2, 0) is 21.4 Å². The number of likely N-dealkylation sites (N-methyl/N-ethyl adjacent to an activating group) is 1. The molecule has 1 saturated heterocycles. The number of piperazine rings is 1. The van der Waals surface area contributed by atoms with E-state index in [4.69, 9.17) is 4.74 Å². The van der Waals surface area contributed by atoms with E-state index in [1.807, 2.05) is 31.3 Å². The number of amides is 1. The zero-order chi connectivity index (χ0) is 22.4. The SMILES string of the molecule is CC(C)c1cccc(OCC(=O)NCc2ccc(S(=O)(=O)N3CCN(C)CC3)cc2)c1. The second-order valence-electron chi connectivity index (χ2n) is 8.14. The van der Waals surface area contributed by atoms with Crippen molar-refractivity contribution in [3.05, 3.63) is 59.7 Å². The van der Waals surface area contributed by atoms with Crippen LogP contribution in [0.2, 0.25) is 0 Å². The number of nitrogens with one attached hydrogen (secondary N) is 1. The molecule has 0 aromatic heterocycles. The minimum Gasteiger partial charge on any atom is -0.484 e. The summed E-state index contributed by atoms with van der Waals surface area (Å²) in [7, 11) is -1.50. The molecular weight excluding hydrogens is 414 g/mol. The van der Waals surface area contributed by atoms with E-state index in [1.165, 1.54) is 4.31 Å². The van der Waals surface area contributed by atoms with E-state index in [9.17, 15) is 13.2 Å². The van der Waals surface area contributed by atoms with Gasteiger partial charge in [0.1, 0.15) is 5.75 Å². The van der Waals surface area contributed by atoms with Crippen molar-refractivity contribution in [3.63, 3.8) is 0 Å². The second kappa shape index (κ2) is 10.3. The van der Waals surface area contributed by atoms with Gasteiger partial charge in [-0.2, -0.15) is 4.31 Å². The Morgan fingerprint density at radius 3 is 2.39 bits per heavy atom. The third-order valence-corrected chi connectivity index (χ3v) is 7.32. The molecular formula is C23H31N3O4S. The van der Waals surface area contributed by atoms with Crippen molar-refractivity contribution >= 4 is 15.9 Å². The largest absolute Gasteiger partial charge is 0.484 e. The minimum atomic E-state index is -3.48. The van der Waals surface area contributed by atoms with Crippen LogP contribution in [0.25, 0.3) is 0 Å². The first-order valence-corrected chi connectivity index (χ1v) is 12.0. The highest BCUT2D eigenvalue weighted by Gasteiger charge is 2.27. The average molecular weight is 446 g/mol. The lowest BCUT2D eigenvalue weighted by Gasteiger charge is -2.31. The van der Waals surface area contributed by atoms with Crippen LogP contribution in [0.5, 0.6) is 5.75 Å². The van der Waals surface area contributed by atoms with Crippen LogP contribution >= 0.6 is 0 Å². The fourth-order valence-electron chi connectivity index (χ4n) is 3.32. The van der Waals surface area contributed by atoms with E-state index in [0.29, 0.717) is 31.3 Å². The molecule has 0 bridgehead atoms. The van der Waals surface area contributed by atoms with Crippen molar-refractivity contribution in [2.45, 2.75) is 31.2 Å². The fourth-order valence-corrected chi connectivity index (χ4v) is 4.74. The second-order valence-corrected chi connectivity index (χ2v) is 10.1. The highest BCUT2D eigenvalue weighted by atomic mass is 32.2. The van der Waals surface area contributed by atoms with Crippen molar-refractivity contribution < 1.29 is 17.9 Å². The number of carbonyl (C=O) groups excluding carboxylic acids is 1. The summed E-state index contributed by atoms with van der Waals surface area (Å²) in [5.41, 5.74) is 1.98. The van der Waals surface area contributed by atoms with Crippen molar-refractivity contribution in [1.29, 1.82) is 0 Å². The monoisotopic (exact) mass is 445 g/mol. The van der Waals surface area contributed by atoms with Crippen LogP contribution in [0.15, 0.2) is 53.4 Å². The Morgan fingerprint density at radius 2 is 1.74 bits per heavy atom. The number of sulfonamides is 1. The molecule has 2 aromatic rings. The molecule has 1 N–H and O–H groups in total. The van der Waals surface area contributed by atoms with Gasteiger partial charge in [-0.25, -0.2) is 8.42 Å². The molecule has 1 aliphatic rings. The molecule has 1 heterocycles. The van der Waals surface area contributed by atoms with E-state index >= 15 is 0 Å². The summed E-state index contributed by atoms with van der Waals surface area (Å²) in [5, 5.41) is 2.80. The molecule has 1 fully saturated rings. The molecule has 31 heavy (non-hydrogen) atoms. The van der Waals surface area contributed by atoms with Gasteiger partial charge in [-0.1, -0.05) is 38.1 Å². The van der Waals surface area contributed by atoms with Gasteiger partial charge < -0.3 is 15.0 Å². The molecule has 0 radical (unpaired) electrons. The highest BCUT2D eigenvalue weighted by Crippen LogP contribution is 2.20. The van der Waals surface area contributed by atoms with Gasteiger partial charge in [0, 0.05) is 32.7 Å². The van der Waals surface area contributed by atoms with Crippen molar-refractivity contribution in [3.8, 4) is 5.75 Å². The van der Waals surface area contributed by atoms with Crippen molar-refractivity contribution in [2.24, 2.45) is 0 Å². The first-order chi connectivity index (χ1) is 14.8. The van der Waals surface area contributed by atoms with E-state index in [2.05, 4.69) is 24.1 Å². The Labute approximate surface area is 185 Å². The number of hydrogen-bond acceptors (Lipinski definition) is 5. The summed E-state index contributed by atoms with van der Waals surface area (Å²) in [6, 6.07) is 14.4. The summed E-state index contributed by atoms with van der Waals surface area (Å²) >= 11 is 0. The van der Waals surface area contributed by atoms with Gasteiger partial charge in [-0.3, -0.25) is 4.79 Å². The molecule has 0 aliphatic carbocycles. The number of carbonyl (C=O) groups is 1. The molecule has 3 rings (SSSR count). The maximum absolute atomic E-state index is 12.8. The summed E-state index contributed by atoms with van der Waals surface area (Å²) in [4.78, 5) is 14.5. The Morgan fingerprint density at radius 1 is 1.06 bits per heavy atom. The van der Waals surface area contributed by atoms with Crippen LogP contribution in [0.1, 0.15) is 30.9 Å². The summed E-state index contributed by atoms with van der Waals surface area (Å²) in [6.07, 6.45) is 0. The van der Waals surface area contributed by atoms with Gasteiger partial charge in [-0.05, 0) is 48.4 Å². The maximum atomic E-state index is 12.8. The van der Waals surface area contributed by atoms with E-state index in [1.54, 1.807) is 24.3 Å². The molecule has 2 aromatic carbocycles. The Balaban J connectivity index is 1.50. The smallest absolute Gasteiger partial charge is 0.258 e. The number of ether oxygens (including phenoxy) is 1. The van der Waals surface area contributed by atoms with Gasteiger partial charge in [0.15, 0.2) is 6.61 Å². The number of nitrogens with zero attached hydrogens (tertiary/aromatic N) is 2. The van der Waals surface area contributed by atoms with Crippen LogP contribution in [0, 0.1) is 0 Å². The summed E-state index contributed by atoms with van der Waals surface area (Å²) in [5.74, 6) is 0.823. The zero-order valence-corrected chi connectivity index (χ0v) is 19.2. The van der Waals surface area contributed by atoms with E-state index in [0.717, 1.165) is 24.2 Å². The molecule has 0 atom stereocenters. The molecule has 1 aliphatic heterocycles. The molecule has 0 saturated carbocycles. The zero-order valence-electron chi connectivity index (χ0n) is 18.4. The van der Waals surface area contributed by atoms with E-state index in [-0.39, 0.29) is 17.4 Å². The first-order valence-electron chi connectivity index (χ1n) is 10.5. The van der Waals surface area contributed by atoms with Gasteiger partial charge >= 0.3 is 0 Å². The van der Waals surface area contributed by atoms with Gasteiger partial charge in [0.2, 0.25) is 10.0 Å². The number of hydrogen-bond donors (Lipinski definition) is 1. The lowest BCUT2D eigenvalue weighted by atomic mass is 10.0. The van der Waals surface area contributed by atoms with Crippen LogP contribution in [0.4, 0.5) is 0 Å². The summed E-state index contributed by atoms with van der Waals surface area (Å²) in [6.45, 7) is 6.90. The first kappa shape index (κ1) is 23.2. The Kier molecular flexibility index (Phi) is 7.69. The van der Waals surface area contributed by atoms with Gasteiger partial charge in [-0.15, -0.1) is 0 Å². The molecule has 7 nitrogen and oxygen atoms in total. The predicted octanol–water partition coefficient (Wildman–Crippen LogP) is 2.44. The van der Waals surface area contributed by atoms with Crippen LogP contribution in [0.3, 0.4) is 0 Å². The van der Waals surface area contributed by atoms with Gasteiger partial charge in [0.25, 0.3) is 5.91 Å². The van der Waals surface area contributed by atoms with Crippen molar-refractivity contribution in [1.82, 2.24) is 14.5 Å². The van der Waals surface area contributed by atoms with Crippen LogP contribution in [-0.4, -0.2) is 63.4 Å². The standard InChI is InChI=1S/C23H31N3O4S/c1-18(2)20-5-4-6-21(15-20)30-17-23(27)24-16-19-7-9-22(10-8-19)31(28,29)26-13-11-25(3)12-14-26/h4-10,15,18H,11-14,16-17H2,1-3H3,(H,24,27). The lowest BCUT2D eigenvalue weighted by Crippen LogP contribution is -2.47. The normalized spacial score (nSPS) is 15.7. The minimum absolute atomic E-state index is 0.0720. The predicted molar refractivity (Wildman–Crippen MR) is 121 cm³/mol.